The Morgan fingerprint density at radius 2 is 2.18 bits per heavy atom. The van der Waals surface area contributed by atoms with E-state index in [-0.39, 0.29) is 23.2 Å². The Morgan fingerprint density at radius 3 is 2.71 bits per heavy atom. The van der Waals surface area contributed by atoms with Gasteiger partial charge in [0.05, 0.1) is 7.11 Å². The lowest BCUT2D eigenvalue weighted by Crippen LogP contribution is -2.37. The molecule has 0 bridgehead atoms. The third-order valence-corrected chi connectivity index (χ3v) is 3.99. The van der Waals surface area contributed by atoms with Crippen LogP contribution in [0.15, 0.2) is 23.1 Å². The SMILES string of the molecule is COc1cc(Cl)ccc1S(=O)(=O)N[C@H](C)CN. The number of methoxy groups -OCH3 is 1. The summed E-state index contributed by atoms with van der Waals surface area (Å²) in [5.74, 6) is 0.203. The van der Waals surface area contributed by atoms with Gasteiger partial charge in [0.25, 0.3) is 0 Å². The van der Waals surface area contributed by atoms with Gasteiger partial charge in [-0.05, 0) is 19.1 Å². The number of hydrogen-bond acceptors (Lipinski definition) is 4. The zero-order chi connectivity index (χ0) is 13.1. The fraction of sp³-hybridized carbons (Fsp3) is 0.400. The highest BCUT2D eigenvalue weighted by molar-refractivity contribution is 7.89. The number of rotatable bonds is 5. The van der Waals surface area contributed by atoms with Gasteiger partial charge in [-0.2, -0.15) is 0 Å². The Hall–Kier alpha value is -0.820. The molecule has 0 aliphatic heterocycles. The predicted molar refractivity (Wildman–Crippen MR) is 66.8 cm³/mol. The van der Waals surface area contributed by atoms with Crippen molar-refractivity contribution in [1.29, 1.82) is 0 Å². The third kappa shape index (κ3) is 3.57. The molecule has 0 saturated carbocycles. The summed E-state index contributed by atoms with van der Waals surface area (Å²) in [4.78, 5) is 0.0460. The number of nitrogens with two attached hydrogens (primary N) is 1. The van der Waals surface area contributed by atoms with Gasteiger partial charge in [-0.15, -0.1) is 0 Å². The molecule has 0 fully saturated rings. The molecule has 7 heteroatoms. The highest BCUT2D eigenvalue weighted by Crippen LogP contribution is 2.27. The summed E-state index contributed by atoms with van der Waals surface area (Å²) in [6, 6.07) is 3.99. The van der Waals surface area contributed by atoms with E-state index in [0.29, 0.717) is 5.02 Å². The molecule has 0 heterocycles. The van der Waals surface area contributed by atoms with Crippen LogP contribution in [-0.2, 0) is 10.0 Å². The average molecular weight is 279 g/mol. The fourth-order valence-electron chi connectivity index (χ4n) is 1.24. The van der Waals surface area contributed by atoms with Crippen molar-refractivity contribution in [2.45, 2.75) is 17.9 Å². The zero-order valence-corrected chi connectivity index (χ0v) is 11.2. The molecule has 0 aromatic heterocycles. The molecule has 3 N–H and O–H groups in total. The summed E-state index contributed by atoms with van der Waals surface area (Å²) in [5.41, 5.74) is 5.37. The minimum atomic E-state index is -3.64. The standard InChI is InChI=1S/C10H15ClN2O3S/c1-7(6-12)13-17(14,15)10-4-3-8(11)5-9(10)16-2/h3-5,7,13H,6,12H2,1-2H3/t7-/m1/s1. The van der Waals surface area contributed by atoms with Crippen molar-refractivity contribution in [2.75, 3.05) is 13.7 Å². The first-order valence-corrected chi connectivity index (χ1v) is 6.82. The Morgan fingerprint density at radius 1 is 1.53 bits per heavy atom. The Bertz CT molecular complexity index is 490. The van der Waals surface area contributed by atoms with Gasteiger partial charge < -0.3 is 10.5 Å². The first kappa shape index (κ1) is 14.2. The van der Waals surface area contributed by atoms with Crippen LogP contribution in [0.4, 0.5) is 0 Å². The quantitative estimate of drug-likeness (QED) is 0.841. The second-order valence-electron chi connectivity index (χ2n) is 3.55. The van der Waals surface area contributed by atoms with E-state index in [1.165, 1.54) is 25.3 Å². The maximum absolute atomic E-state index is 12.0. The van der Waals surface area contributed by atoms with Crippen molar-refractivity contribution < 1.29 is 13.2 Å². The van der Waals surface area contributed by atoms with Crippen LogP contribution in [0.5, 0.6) is 5.75 Å². The van der Waals surface area contributed by atoms with Crippen molar-refractivity contribution in [1.82, 2.24) is 4.72 Å². The Labute approximate surface area is 106 Å². The molecule has 5 nitrogen and oxygen atoms in total. The summed E-state index contributed by atoms with van der Waals surface area (Å²) in [7, 11) is -2.26. The number of sulfonamides is 1. The summed E-state index contributed by atoms with van der Waals surface area (Å²) < 4.78 is 31.4. The summed E-state index contributed by atoms with van der Waals surface area (Å²) in [5, 5.41) is 0.410. The second-order valence-corrected chi connectivity index (χ2v) is 5.67. The molecule has 0 saturated heterocycles. The molecular formula is C10H15ClN2O3S. The zero-order valence-electron chi connectivity index (χ0n) is 9.60. The topological polar surface area (TPSA) is 81.4 Å². The van der Waals surface area contributed by atoms with E-state index in [0.717, 1.165) is 0 Å². The van der Waals surface area contributed by atoms with Crippen LogP contribution in [0.25, 0.3) is 0 Å². The van der Waals surface area contributed by atoms with Crippen LogP contribution in [0.1, 0.15) is 6.92 Å². The highest BCUT2D eigenvalue weighted by Gasteiger charge is 2.21. The molecule has 1 aromatic carbocycles. The average Bonchev–Trinajstić information content (AvgIpc) is 2.27. The first-order chi connectivity index (χ1) is 7.90. The van der Waals surface area contributed by atoms with Gasteiger partial charge in [-0.25, -0.2) is 13.1 Å². The molecule has 96 valence electrons. The van der Waals surface area contributed by atoms with Crippen LogP contribution in [-0.4, -0.2) is 28.1 Å². The maximum atomic E-state index is 12.0. The molecule has 1 rings (SSSR count). The van der Waals surface area contributed by atoms with Gasteiger partial charge in [0, 0.05) is 23.7 Å². The van der Waals surface area contributed by atoms with E-state index < -0.39 is 10.0 Å². The molecule has 0 radical (unpaired) electrons. The molecule has 1 atom stereocenters. The largest absolute Gasteiger partial charge is 0.495 e. The first-order valence-electron chi connectivity index (χ1n) is 4.96. The van der Waals surface area contributed by atoms with Crippen LogP contribution in [0.2, 0.25) is 5.02 Å². The van der Waals surface area contributed by atoms with E-state index in [1.807, 2.05) is 0 Å². The van der Waals surface area contributed by atoms with Gasteiger partial charge >= 0.3 is 0 Å². The monoisotopic (exact) mass is 278 g/mol. The van der Waals surface area contributed by atoms with E-state index >= 15 is 0 Å². The number of nitrogens with one attached hydrogen (secondary N) is 1. The van der Waals surface area contributed by atoms with E-state index in [1.54, 1.807) is 6.92 Å². The lowest BCUT2D eigenvalue weighted by atomic mass is 10.3. The van der Waals surface area contributed by atoms with Gasteiger partial charge in [-0.3, -0.25) is 0 Å². The predicted octanol–water partition coefficient (Wildman–Crippen LogP) is 0.974. The molecule has 0 unspecified atom stereocenters. The smallest absolute Gasteiger partial charge is 0.244 e. The second kappa shape index (κ2) is 5.68. The molecular weight excluding hydrogens is 264 g/mol. The minimum Gasteiger partial charge on any atom is -0.495 e. The highest BCUT2D eigenvalue weighted by atomic mass is 35.5. The van der Waals surface area contributed by atoms with Gasteiger partial charge in [0.2, 0.25) is 10.0 Å². The number of ether oxygens (including phenoxy) is 1. The van der Waals surface area contributed by atoms with E-state index in [9.17, 15) is 8.42 Å². The summed E-state index contributed by atoms with van der Waals surface area (Å²) in [6.07, 6.45) is 0. The molecule has 17 heavy (non-hydrogen) atoms. The lowest BCUT2D eigenvalue weighted by molar-refractivity contribution is 0.402. The summed E-state index contributed by atoms with van der Waals surface area (Å²) >= 11 is 5.76. The van der Waals surface area contributed by atoms with Crippen LogP contribution in [0.3, 0.4) is 0 Å². The van der Waals surface area contributed by atoms with Crippen molar-refractivity contribution in [3.05, 3.63) is 23.2 Å². The Balaban J connectivity index is 3.15. The maximum Gasteiger partial charge on any atom is 0.244 e. The van der Waals surface area contributed by atoms with Crippen molar-refractivity contribution in [2.24, 2.45) is 5.73 Å². The number of benzene rings is 1. The molecule has 0 amide bonds. The van der Waals surface area contributed by atoms with Crippen molar-refractivity contribution in [3.63, 3.8) is 0 Å². The molecule has 1 aromatic rings. The van der Waals surface area contributed by atoms with Gasteiger partial charge in [0.15, 0.2) is 0 Å². The van der Waals surface area contributed by atoms with E-state index in [2.05, 4.69) is 4.72 Å². The molecule has 0 aliphatic carbocycles. The summed E-state index contributed by atoms with van der Waals surface area (Å²) in [6.45, 7) is 1.90. The fourth-order valence-corrected chi connectivity index (χ4v) is 2.81. The minimum absolute atomic E-state index is 0.0460. The normalized spacial score (nSPS) is 13.4. The van der Waals surface area contributed by atoms with Crippen LogP contribution >= 0.6 is 11.6 Å². The van der Waals surface area contributed by atoms with Crippen molar-refractivity contribution >= 4 is 21.6 Å². The lowest BCUT2D eigenvalue weighted by Gasteiger charge is -2.14. The van der Waals surface area contributed by atoms with E-state index in [4.69, 9.17) is 22.1 Å². The van der Waals surface area contributed by atoms with Crippen LogP contribution < -0.4 is 15.2 Å². The Kier molecular flexibility index (Phi) is 4.76. The van der Waals surface area contributed by atoms with Gasteiger partial charge in [-0.1, -0.05) is 11.6 Å². The molecule has 0 aliphatic rings. The van der Waals surface area contributed by atoms with Crippen molar-refractivity contribution in [3.8, 4) is 5.75 Å². The van der Waals surface area contributed by atoms with Gasteiger partial charge in [0.1, 0.15) is 10.6 Å². The molecule has 0 spiro atoms. The number of halogens is 1. The number of hydrogen-bond donors (Lipinski definition) is 2. The third-order valence-electron chi connectivity index (χ3n) is 2.13. The van der Waals surface area contributed by atoms with Crippen LogP contribution in [0, 0.1) is 0 Å².